The van der Waals surface area contributed by atoms with E-state index in [1.165, 1.54) is 22.0 Å². The molecule has 1 N–H and O–H groups in total. The number of likely N-dealkylation sites (tertiary alicyclic amines) is 1. The number of hydroxylamine groups is 1. The molecule has 0 spiro atoms. The van der Waals surface area contributed by atoms with Crippen molar-refractivity contribution >= 4 is 33.5 Å². The van der Waals surface area contributed by atoms with Crippen LogP contribution in [0.4, 0.5) is 16.2 Å². The van der Waals surface area contributed by atoms with Gasteiger partial charge in [-0.2, -0.15) is 13.5 Å². The van der Waals surface area contributed by atoms with Gasteiger partial charge in [0.15, 0.2) is 0 Å². The van der Waals surface area contributed by atoms with Crippen LogP contribution in [0.3, 0.4) is 0 Å². The average Bonchev–Trinajstić information content (AvgIpc) is 3.56. The summed E-state index contributed by atoms with van der Waals surface area (Å²) in [6, 6.07) is 0.242. The number of amides is 3. The van der Waals surface area contributed by atoms with Crippen LogP contribution in [0.15, 0.2) is 18.5 Å². The van der Waals surface area contributed by atoms with Gasteiger partial charge in [0.1, 0.15) is 0 Å². The Kier molecular flexibility index (Phi) is 5.96. The summed E-state index contributed by atoms with van der Waals surface area (Å²) in [6.07, 6.45) is 8.48. The predicted octanol–water partition coefficient (Wildman–Crippen LogP) is 2.10. The molecular formula is C23H29N6O5S-. The van der Waals surface area contributed by atoms with Crippen LogP contribution in [-0.4, -0.2) is 59.1 Å². The van der Waals surface area contributed by atoms with Crippen molar-refractivity contribution in [1.29, 1.82) is 0 Å². The molecule has 1 atom stereocenters. The van der Waals surface area contributed by atoms with Crippen molar-refractivity contribution in [2.75, 3.05) is 23.2 Å². The number of aryl methyl sites for hydroxylation is 3. The Morgan fingerprint density at radius 1 is 1.11 bits per heavy atom. The first-order chi connectivity index (χ1) is 16.7. The third-order valence-corrected chi connectivity index (χ3v) is 8.80. The number of anilines is 2. The van der Waals surface area contributed by atoms with Crippen LogP contribution in [0, 0.1) is 5.21 Å². The fourth-order valence-corrected chi connectivity index (χ4v) is 6.87. The normalized spacial score (nSPS) is 19.5. The zero-order chi connectivity index (χ0) is 24.9. The van der Waals surface area contributed by atoms with Gasteiger partial charge in [0.2, 0.25) is 5.91 Å². The molecule has 1 aliphatic heterocycles. The molecule has 12 heteroatoms. The number of hydrogen-bond acceptors (Lipinski definition) is 6. The number of carbonyl (C=O) groups is 2. The van der Waals surface area contributed by atoms with Gasteiger partial charge >= 0.3 is 16.2 Å². The monoisotopic (exact) mass is 501 g/mol. The van der Waals surface area contributed by atoms with Crippen LogP contribution >= 0.6 is 0 Å². The number of piperidine rings is 1. The van der Waals surface area contributed by atoms with E-state index in [4.69, 9.17) is 0 Å². The number of hydrogen-bond donors (Lipinski definition) is 1. The van der Waals surface area contributed by atoms with Crippen molar-refractivity contribution in [3.8, 4) is 0 Å². The molecular weight excluding hydrogens is 472 g/mol. The summed E-state index contributed by atoms with van der Waals surface area (Å²) in [5, 5.41) is 19.8. The summed E-state index contributed by atoms with van der Waals surface area (Å²) in [6.45, 7) is 0.0993. The van der Waals surface area contributed by atoms with Gasteiger partial charge in [-0.1, -0.05) is 6.07 Å². The molecule has 1 fully saturated rings. The van der Waals surface area contributed by atoms with Crippen LogP contribution in [0.1, 0.15) is 47.9 Å². The highest BCUT2D eigenvalue weighted by Crippen LogP contribution is 2.39. The van der Waals surface area contributed by atoms with E-state index >= 15 is 0 Å². The van der Waals surface area contributed by atoms with E-state index in [0.717, 1.165) is 65.1 Å². The van der Waals surface area contributed by atoms with E-state index in [-0.39, 0.29) is 31.0 Å². The number of fused-ring (bicyclic) bond motifs is 2. The smallest absolute Gasteiger partial charge is 0.326 e. The molecule has 0 saturated carbocycles. The molecule has 2 heterocycles. The van der Waals surface area contributed by atoms with Crippen LogP contribution < -0.4 is 9.62 Å². The Hall–Kier alpha value is -3.12. The molecule has 11 nitrogen and oxygen atoms in total. The molecule has 2 aromatic rings. The van der Waals surface area contributed by atoms with E-state index in [1.54, 1.807) is 14.1 Å². The summed E-state index contributed by atoms with van der Waals surface area (Å²) >= 11 is 0. The first kappa shape index (κ1) is 23.6. The van der Waals surface area contributed by atoms with Crippen LogP contribution in [0.2, 0.25) is 0 Å². The topological polar surface area (TPSA) is 131 Å². The lowest BCUT2D eigenvalue weighted by Crippen LogP contribution is -2.55. The SMILES string of the molecule is CN1CC(N(c2cnn(C)c2)S(=O)(=O)N([O-])C(=O)Nc2c3c(cc4c2CCC4)CCC3)CCC1=O. The number of urea groups is 1. The Balaban J connectivity index is 1.46. The van der Waals surface area contributed by atoms with Crippen molar-refractivity contribution in [3.05, 3.63) is 45.9 Å². The van der Waals surface area contributed by atoms with Crippen LogP contribution in [0.5, 0.6) is 0 Å². The molecule has 5 rings (SSSR count). The number of likely N-dealkylation sites (N-methyl/N-ethyl adjacent to an activating group) is 1. The van der Waals surface area contributed by atoms with Gasteiger partial charge in [0.05, 0.1) is 17.9 Å². The maximum absolute atomic E-state index is 13.6. The first-order valence-electron chi connectivity index (χ1n) is 11.9. The van der Waals surface area contributed by atoms with E-state index in [2.05, 4.69) is 16.5 Å². The fraction of sp³-hybridized carbons (Fsp3) is 0.522. The van der Waals surface area contributed by atoms with Gasteiger partial charge in [0.25, 0.3) is 0 Å². The quantitative estimate of drug-likeness (QED) is 0.625. The Labute approximate surface area is 204 Å². The highest BCUT2D eigenvalue weighted by molar-refractivity contribution is 7.91. The van der Waals surface area contributed by atoms with E-state index < -0.39 is 26.8 Å². The van der Waals surface area contributed by atoms with Crippen molar-refractivity contribution in [1.82, 2.24) is 19.1 Å². The second-order valence-corrected chi connectivity index (χ2v) is 11.2. The maximum atomic E-state index is 13.6. The van der Waals surface area contributed by atoms with Crippen molar-refractivity contribution in [2.24, 2.45) is 7.05 Å². The van der Waals surface area contributed by atoms with Gasteiger partial charge in [-0.3, -0.25) is 13.9 Å². The predicted molar refractivity (Wildman–Crippen MR) is 130 cm³/mol. The number of benzene rings is 1. The largest absolute Gasteiger partial charge is 0.740 e. The zero-order valence-corrected chi connectivity index (χ0v) is 20.7. The van der Waals surface area contributed by atoms with Crippen LogP contribution in [0.25, 0.3) is 0 Å². The second kappa shape index (κ2) is 8.83. The standard InChI is InChI=1S/C23H29N6O5S/c1-26-13-17(9-10-21(26)30)28(18-12-24-27(2)14-18)35(33,34)29(32)23(31)25-22-19-7-3-5-15(19)11-16-6-4-8-20(16)22/h11-12,14,17H,3-10,13H2,1-2H3,(H,25,31)/q-1. The minimum absolute atomic E-state index is 0.0993. The summed E-state index contributed by atoms with van der Waals surface area (Å²) < 4.78 is 29.0. The minimum Gasteiger partial charge on any atom is -0.740 e. The summed E-state index contributed by atoms with van der Waals surface area (Å²) in [4.78, 5) is 26.5. The lowest BCUT2D eigenvalue weighted by atomic mass is 9.99. The molecule has 2 aliphatic carbocycles. The Morgan fingerprint density at radius 3 is 2.34 bits per heavy atom. The molecule has 1 unspecified atom stereocenters. The lowest BCUT2D eigenvalue weighted by Gasteiger charge is -2.41. The van der Waals surface area contributed by atoms with Gasteiger partial charge in [-0.25, -0.2) is 9.10 Å². The maximum Gasteiger partial charge on any atom is 0.326 e. The van der Waals surface area contributed by atoms with Gasteiger partial charge in [-0.05, 0) is 67.2 Å². The zero-order valence-electron chi connectivity index (χ0n) is 19.9. The fourth-order valence-electron chi connectivity index (χ4n) is 5.54. The van der Waals surface area contributed by atoms with Gasteiger partial charge in [-0.15, -0.1) is 0 Å². The van der Waals surface area contributed by atoms with E-state index in [0.29, 0.717) is 5.69 Å². The van der Waals surface area contributed by atoms with Gasteiger partial charge in [0, 0.05) is 38.9 Å². The summed E-state index contributed by atoms with van der Waals surface area (Å²) in [5.41, 5.74) is 5.09. The number of nitrogens with one attached hydrogen (secondary N) is 1. The molecule has 3 amide bonds. The number of aromatic nitrogens is 2. The third kappa shape index (κ3) is 4.14. The molecule has 1 aromatic heterocycles. The lowest BCUT2D eigenvalue weighted by molar-refractivity contribution is -0.132. The minimum atomic E-state index is -4.82. The highest BCUT2D eigenvalue weighted by Gasteiger charge is 2.38. The highest BCUT2D eigenvalue weighted by atomic mass is 32.2. The van der Waals surface area contributed by atoms with Crippen molar-refractivity contribution < 1.29 is 18.0 Å². The summed E-state index contributed by atoms with van der Waals surface area (Å²) in [5.74, 6) is -0.103. The molecule has 0 bridgehead atoms. The van der Waals surface area contributed by atoms with E-state index in [1.807, 2.05) is 0 Å². The molecule has 188 valence electrons. The van der Waals surface area contributed by atoms with Crippen molar-refractivity contribution in [2.45, 2.75) is 57.4 Å². The molecule has 1 aromatic carbocycles. The summed E-state index contributed by atoms with van der Waals surface area (Å²) in [7, 11) is -1.61. The number of rotatable bonds is 5. The van der Waals surface area contributed by atoms with Gasteiger partial charge < -0.3 is 15.4 Å². The number of nitrogens with zero attached hydrogens (tertiary/aromatic N) is 5. The average molecular weight is 502 g/mol. The first-order valence-corrected chi connectivity index (χ1v) is 13.3. The second-order valence-electron chi connectivity index (χ2n) is 9.53. The van der Waals surface area contributed by atoms with E-state index in [9.17, 15) is 23.2 Å². The molecule has 1 saturated heterocycles. The molecule has 3 aliphatic rings. The third-order valence-electron chi connectivity index (χ3n) is 7.21. The molecule has 35 heavy (non-hydrogen) atoms. The van der Waals surface area contributed by atoms with Crippen molar-refractivity contribution in [3.63, 3.8) is 0 Å². The Bertz CT molecular complexity index is 1260. The number of carbonyl (C=O) groups excluding carboxylic acids is 2. The van der Waals surface area contributed by atoms with Crippen LogP contribution in [-0.2, 0) is 47.7 Å². The molecule has 0 radical (unpaired) electrons. The Morgan fingerprint density at radius 2 is 1.77 bits per heavy atom.